The Morgan fingerprint density at radius 2 is 1.96 bits per heavy atom. The Kier molecular flexibility index (Phi) is 5.76. The van der Waals surface area contributed by atoms with Gasteiger partial charge in [-0.05, 0) is 37.6 Å². The van der Waals surface area contributed by atoms with Gasteiger partial charge in [-0.3, -0.25) is 14.9 Å². The van der Waals surface area contributed by atoms with Gasteiger partial charge >= 0.3 is 0 Å². The standard InChI is InChI=1S/C17H18ClN3O3/c1-11(2)20-17(22)12-7-8-15(16(9-12)21(23)24)19-10-13-5-3-4-6-14(13)18/h3-9,11,19H,10H2,1-2H3,(H,20,22). The van der Waals surface area contributed by atoms with E-state index in [2.05, 4.69) is 10.6 Å². The average Bonchev–Trinajstić information content (AvgIpc) is 2.53. The number of nitrogens with one attached hydrogen (secondary N) is 2. The van der Waals surface area contributed by atoms with Crippen molar-refractivity contribution in [3.05, 3.63) is 68.7 Å². The van der Waals surface area contributed by atoms with E-state index in [4.69, 9.17) is 11.6 Å². The number of nitro benzene ring substituents is 1. The van der Waals surface area contributed by atoms with Crippen LogP contribution in [0.15, 0.2) is 42.5 Å². The predicted molar refractivity (Wildman–Crippen MR) is 94.5 cm³/mol. The molecule has 0 aliphatic rings. The summed E-state index contributed by atoms with van der Waals surface area (Å²) >= 11 is 6.08. The first-order valence-corrected chi connectivity index (χ1v) is 7.83. The second kappa shape index (κ2) is 7.79. The average molecular weight is 348 g/mol. The van der Waals surface area contributed by atoms with E-state index in [1.807, 2.05) is 32.0 Å². The van der Waals surface area contributed by atoms with Crippen molar-refractivity contribution < 1.29 is 9.72 Å². The van der Waals surface area contributed by atoms with Gasteiger partial charge in [0.1, 0.15) is 5.69 Å². The SMILES string of the molecule is CC(C)NC(=O)c1ccc(NCc2ccccc2Cl)c([N+](=O)[O-])c1. The second-order valence-corrected chi connectivity index (χ2v) is 5.97. The molecule has 2 N–H and O–H groups in total. The van der Waals surface area contributed by atoms with Gasteiger partial charge in [-0.1, -0.05) is 29.8 Å². The Balaban J connectivity index is 2.22. The molecule has 1 amide bonds. The first-order valence-electron chi connectivity index (χ1n) is 7.45. The third-order valence-corrected chi connectivity index (χ3v) is 3.67. The van der Waals surface area contributed by atoms with Gasteiger partial charge in [-0.15, -0.1) is 0 Å². The fourth-order valence-electron chi connectivity index (χ4n) is 2.15. The smallest absolute Gasteiger partial charge is 0.293 e. The molecule has 0 atom stereocenters. The van der Waals surface area contributed by atoms with Gasteiger partial charge in [-0.25, -0.2) is 0 Å². The van der Waals surface area contributed by atoms with E-state index in [-0.39, 0.29) is 23.2 Å². The highest BCUT2D eigenvalue weighted by atomic mass is 35.5. The van der Waals surface area contributed by atoms with E-state index >= 15 is 0 Å². The number of rotatable bonds is 6. The van der Waals surface area contributed by atoms with E-state index in [1.54, 1.807) is 12.1 Å². The lowest BCUT2D eigenvalue weighted by molar-refractivity contribution is -0.384. The number of hydrogen-bond acceptors (Lipinski definition) is 4. The van der Waals surface area contributed by atoms with Crippen LogP contribution >= 0.6 is 11.6 Å². The van der Waals surface area contributed by atoms with E-state index in [1.165, 1.54) is 12.1 Å². The van der Waals surface area contributed by atoms with Crippen LogP contribution in [-0.2, 0) is 6.54 Å². The summed E-state index contributed by atoms with van der Waals surface area (Å²) < 4.78 is 0. The molecule has 0 bridgehead atoms. The van der Waals surface area contributed by atoms with Gasteiger partial charge in [-0.2, -0.15) is 0 Å². The van der Waals surface area contributed by atoms with Crippen molar-refractivity contribution in [1.29, 1.82) is 0 Å². The maximum absolute atomic E-state index is 12.0. The van der Waals surface area contributed by atoms with Crippen LogP contribution in [0.4, 0.5) is 11.4 Å². The number of benzene rings is 2. The third-order valence-electron chi connectivity index (χ3n) is 3.30. The lowest BCUT2D eigenvalue weighted by atomic mass is 10.1. The highest BCUT2D eigenvalue weighted by molar-refractivity contribution is 6.31. The first kappa shape index (κ1) is 17.7. The van der Waals surface area contributed by atoms with Gasteiger partial charge < -0.3 is 10.6 Å². The maximum Gasteiger partial charge on any atom is 0.293 e. The van der Waals surface area contributed by atoms with Crippen molar-refractivity contribution in [2.24, 2.45) is 0 Å². The molecule has 0 aliphatic heterocycles. The Labute approximate surface area is 145 Å². The lowest BCUT2D eigenvalue weighted by Gasteiger charge is -2.11. The lowest BCUT2D eigenvalue weighted by Crippen LogP contribution is -2.30. The summed E-state index contributed by atoms with van der Waals surface area (Å²) in [6.45, 7) is 4.00. The molecule has 2 rings (SSSR count). The summed E-state index contributed by atoms with van der Waals surface area (Å²) in [6.07, 6.45) is 0. The van der Waals surface area contributed by atoms with Crippen molar-refractivity contribution in [2.75, 3.05) is 5.32 Å². The molecule has 0 saturated carbocycles. The Morgan fingerprint density at radius 1 is 1.25 bits per heavy atom. The zero-order valence-electron chi connectivity index (χ0n) is 13.4. The molecule has 0 spiro atoms. The molecule has 7 heteroatoms. The second-order valence-electron chi connectivity index (χ2n) is 5.56. The van der Waals surface area contributed by atoms with Crippen LogP contribution in [0.2, 0.25) is 5.02 Å². The van der Waals surface area contributed by atoms with Crippen LogP contribution in [0.3, 0.4) is 0 Å². The molecular weight excluding hydrogens is 330 g/mol. The fourth-order valence-corrected chi connectivity index (χ4v) is 2.35. The number of hydrogen-bond donors (Lipinski definition) is 2. The molecule has 6 nitrogen and oxygen atoms in total. The molecule has 0 heterocycles. The number of carbonyl (C=O) groups is 1. The van der Waals surface area contributed by atoms with Crippen molar-refractivity contribution in [2.45, 2.75) is 26.4 Å². The van der Waals surface area contributed by atoms with Gasteiger partial charge in [0.25, 0.3) is 11.6 Å². The minimum absolute atomic E-state index is 0.0467. The quantitative estimate of drug-likeness (QED) is 0.611. The molecular formula is C17H18ClN3O3. The van der Waals surface area contributed by atoms with Gasteiger partial charge in [0.2, 0.25) is 0 Å². The number of carbonyl (C=O) groups excluding carboxylic acids is 1. The molecule has 0 aromatic heterocycles. The topological polar surface area (TPSA) is 84.3 Å². The number of amides is 1. The first-order chi connectivity index (χ1) is 11.4. The molecule has 0 unspecified atom stereocenters. The van der Waals surface area contributed by atoms with E-state index in [0.29, 0.717) is 17.3 Å². The Bertz CT molecular complexity index is 762. The minimum atomic E-state index is -0.513. The zero-order chi connectivity index (χ0) is 17.7. The van der Waals surface area contributed by atoms with Crippen molar-refractivity contribution in [1.82, 2.24) is 5.32 Å². The number of nitrogens with zero attached hydrogens (tertiary/aromatic N) is 1. The molecule has 0 fully saturated rings. The molecule has 0 aliphatic carbocycles. The Morgan fingerprint density at radius 3 is 2.58 bits per heavy atom. The van der Waals surface area contributed by atoms with E-state index < -0.39 is 4.92 Å². The fraction of sp³-hybridized carbons (Fsp3) is 0.235. The summed E-state index contributed by atoms with van der Waals surface area (Å²) in [5.41, 5.74) is 1.26. The number of anilines is 1. The highest BCUT2D eigenvalue weighted by Crippen LogP contribution is 2.27. The maximum atomic E-state index is 12.0. The van der Waals surface area contributed by atoms with Crippen molar-refractivity contribution >= 4 is 28.9 Å². The number of nitro groups is 1. The molecule has 2 aromatic carbocycles. The largest absolute Gasteiger partial charge is 0.375 e. The highest BCUT2D eigenvalue weighted by Gasteiger charge is 2.18. The summed E-state index contributed by atoms with van der Waals surface area (Å²) in [4.78, 5) is 22.8. The molecule has 0 saturated heterocycles. The molecule has 24 heavy (non-hydrogen) atoms. The van der Waals surface area contributed by atoms with Crippen molar-refractivity contribution in [3.63, 3.8) is 0 Å². The van der Waals surface area contributed by atoms with E-state index in [0.717, 1.165) is 5.56 Å². The monoisotopic (exact) mass is 347 g/mol. The molecule has 0 radical (unpaired) electrons. The summed E-state index contributed by atoms with van der Waals surface area (Å²) in [7, 11) is 0. The third kappa shape index (κ3) is 4.45. The van der Waals surface area contributed by atoms with Crippen LogP contribution in [0, 0.1) is 10.1 Å². The minimum Gasteiger partial charge on any atom is -0.375 e. The van der Waals surface area contributed by atoms with Crippen LogP contribution < -0.4 is 10.6 Å². The summed E-state index contributed by atoms with van der Waals surface area (Å²) in [6, 6.07) is 11.6. The van der Waals surface area contributed by atoms with Gasteiger partial charge in [0.15, 0.2) is 0 Å². The number of halogens is 1. The molecule has 126 valence electrons. The normalized spacial score (nSPS) is 10.5. The van der Waals surface area contributed by atoms with Crippen molar-refractivity contribution in [3.8, 4) is 0 Å². The van der Waals surface area contributed by atoms with Crippen LogP contribution in [0.5, 0.6) is 0 Å². The Hall–Kier alpha value is -2.60. The summed E-state index contributed by atoms with van der Waals surface area (Å²) in [5.74, 6) is -0.342. The predicted octanol–water partition coefficient (Wildman–Crippen LogP) is 4.00. The van der Waals surface area contributed by atoms with Crippen LogP contribution in [0.1, 0.15) is 29.8 Å². The van der Waals surface area contributed by atoms with Gasteiger partial charge in [0.05, 0.1) is 4.92 Å². The van der Waals surface area contributed by atoms with Crippen LogP contribution in [0.25, 0.3) is 0 Å². The van der Waals surface area contributed by atoms with Crippen LogP contribution in [-0.4, -0.2) is 16.9 Å². The summed E-state index contributed by atoms with van der Waals surface area (Å²) in [5, 5.41) is 17.6. The molecule has 2 aromatic rings. The zero-order valence-corrected chi connectivity index (χ0v) is 14.1. The van der Waals surface area contributed by atoms with Gasteiger partial charge in [0, 0.05) is 29.2 Å². The van der Waals surface area contributed by atoms with E-state index in [9.17, 15) is 14.9 Å².